The van der Waals surface area contributed by atoms with Gasteiger partial charge >= 0.3 is 0 Å². The van der Waals surface area contributed by atoms with Crippen molar-refractivity contribution in [3.63, 3.8) is 0 Å². The zero-order chi connectivity index (χ0) is 21.0. The molecule has 1 aromatic carbocycles. The molecule has 0 spiro atoms. The predicted octanol–water partition coefficient (Wildman–Crippen LogP) is 1.36. The van der Waals surface area contributed by atoms with E-state index in [2.05, 4.69) is 15.0 Å². The van der Waals surface area contributed by atoms with Crippen LogP contribution in [0.5, 0.6) is 11.6 Å². The van der Waals surface area contributed by atoms with Crippen LogP contribution in [0.4, 0.5) is 4.39 Å². The first-order valence-electron chi connectivity index (χ1n) is 8.38. The summed E-state index contributed by atoms with van der Waals surface area (Å²) in [4.78, 5) is 37.1. The van der Waals surface area contributed by atoms with E-state index in [0.29, 0.717) is 11.3 Å². The number of benzene rings is 1. The highest BCUT2D eigenvalue weighted by Gasteiger charge is 2.25. The van der Waals surface area contributed by atoms with Crippen LogP contribution in [0.25, 0.3) is 0 Å². The van der Waals surface area contributed by atoms with Crippen molar-refractivity contribution in [2.24, 2.45) is 5.73 Å². The third-order valence-electron chi connectivity index (χ3n) is 3.94. The molecule has 10 heteroatoms. The van der Waals surface area contributed by atoms with Gasteiger partial charge in [-0.25, -0.2) is 9.37 Å². The maximum absolute atomic E-state index is 13.2. The fourth-order valence-corrected chi connectivity index (χ4v) is 2.55. The Labute approximate surface area is 164 Å². The number of carbonyl (C=O) groups excluding carboxylic acids is 2. The molecule has 0 bridgehead atoms. The van der Waals surface area contributed by atoms with Crippen LogP contribution in [0.15, 0.2) is 48.7 Å². The highest BCUT2D eigenvalue weighted by Crippen LogP contribution is 2.25. The Morgan fingerprint density at radius 3 is 2.38 bits per heavy atom. The van der Waals surface area contributed by atoms with E-state index >= 15 is 0 Å². The van der Waals surface area contributed by atoms with Gasteiger partial charge in [-0.1, -0.05) is 18.2 Å². The number of aromatic nitrogens is 3. The average Bonchev–Trinajstić information content (AvgIpc) is 2.71. The highest BCUT2D eigenvalue weighted by atomic mass is 19.1. The van der Waals surface area contributed by atoms with Gasteiger partial charge in [-0.05, 0) is 29.8 Å². The molecular formula is C19H16FN5O4. The fourth-order valence-electron chi connectivity index (χ4n) is 2.55. The summed E-state index contributed by atoms with van der Waals surface area (Å²) in [6, 6.07) is 10.7. The normalized spacial score (nSPS) is 10.5. The Kier molecular flexibility index (Phi) is 5.63. The van der Waals surface area contributed by atoms with E-state index in [4.69, 9.17) is 5.73 Å². The lowest BCUT2D eigenvalue weighted by Gasteiger charge is -2.22. The minimum Gasteiger partial charge on any atom is -0.501 e. The van der Waals surface area contributed by atoms with E-state index < -0.39 is 40.8 Å². The second kappa shape index (κ2) is 8.30. The molecular weight excluding hydrogens is 381 g/mol. The Morgan fingerprint density at radius 2 is 1.76 bits per heavy atom. The molecule has 2 aromatic heterocycles. The molecule has 9 nitrogen and oxygen atoms in total. The third-order valence-corrected chi connectivity index (χ3v) is 3.94. The van der Waals surface area contributed by atoms with E-state index in [1.807, 2.05) is 0 Å². The van der Waals surface area contributed by atoms with Gasteiger partial charge < -0.3 is 20.8 Å². The van der Waals surface area contributed by atoms with Gasteiger partial charge in [0.1, 0.15) is 5.82 Å². The number of pyridine rings is 1. The first-order valence-corrected chi connectivity index (χ1v) is 8.38. The molecule has 148 valence electrons. The lowest BCUT2D eigenvalue weighted by atomic mass is 10.2. The first-order chi connectivity index (χ1) is 13.8. The van der Waals surface area contributed by atoms with Crippen LogP contribution in [-0.2, 0) is 13.1 Å². The summed E-state index contributed by atoms with van der Waals surface area (Å²) in [6.45, 7) is 0.0978. The van der Waals surface area contributed by atoms with E-state index in [1.54, 1.807) is 24.4 Å². The SMILES string of the molecule is NC(=O)c1nc(C(=O)N(Cc2ccc(F)cc2)Cc2ccccn2)nc(O)c1O. The van der Waals surface area contributed by atoms with Crippen LogP contribution in [0, 0.1) is 5.82 Å². The van der Waals surface area contributed by atoms with Crippen molar-refractivity contribution in [2.75, 3.05) is 0 Å². The predicted molar refractivity (Wildman–Crippen MR) is 98.1 cm³/mol. The zero-order valence-corrected chi connectivity index (χ0v) is 15.0. The summed E-state index contributed by atoms with van der Waals surface area (Å²) >= 11 is 0. The minimum atomic E-state index is -1.14. The Balaban J connectivity index is 1.97. The van der Waals surface area contributed by atoms with E-state index in [0.717, 1.165) is 0 Å². The summed E-state index contributed by atoms with van der Waals surface area (Å²) in [5, 5.41) is 19.4. The van der Waals surface area contributed by atoms with Crippen LogP contribution >= 0.6 is 0 Å². The van der Waals surface area contributed by atoms with Gasteiger partial charge in [-0.2, -0.15) is 4.98 Å². The molecule has 0 unspecified atom stereocenters. The molecule has 3 aromatic rings. The summed E-state index contributed by atoms with van der Waals surface area (Å²) in [7, 11) is 0. The third kappa shape index (κ3) is 4.61. The smallest absolute Gasteiger partial charge is 0.292 e. The van der Waals surface area contributed by atoms with E-state index in [-0.39, 0.29) is 13.1 Å². The van der Waals surface area contributed by atoms with Crippen molar-refractivity contribution in [3.05, 3.63) is 77.3 Å². The molecule has 2 amide bonds. The molecule has 0 aliphatic rings. The number of hydrogen-bond acceptors (Lipinski definition) is 7. The van der Waals surface area contributed by atoms with Crippen molar-refractivity contribution in [3.8, 4) is 11.6 Å². The number of nitrogens with zero attached hydrogens (tertiary/aromatic N) is 4. The number of primary amides is 1. The topological polar surface area (TPSA) is 143 Å². The molecule has 4 N–H and O–H groups in total. The van der Waals surface area contributed by atoms with Crippen LogP contribution in [0.3, 0.4) is 0 Å². The van der Waals surface area contributed by atoms with Crippen molar-refractivity contribution < 1.29 is 24.2 Å². The monoisotopic (exact) mass is 397 g/mol. The van der Waals surface area contributed by atoms with Crippen molar-refractivity contribution in [2.45, 2.75) is 13.1 Å². The average molecular weight is 397 g/mol. The maximum Gasteiger partial charge on any atom is 0.292 e. The number of amides is 2. The summed E-state index contributed by atoms with van der Waals surface area (Å²) in [6.07, 6.45) is 1.56. The van der Waals surface area contributed by atoms with Crippen molar-refractivity contribution in [1.29, 1.82) is 0 Å². The van der Waals surface area contributed by atoms with Crippen LogP contribution in [-0.4, -0.2) is 41.9 Å². The molecule has 0 aliphatic carbocycles. The number of aromatic hydroxyl groups is 2. The van der Waals surface area contributed by atoms with E-state index in [9.17, 15) is 24.2 Å². The molecule has 2 heterocycles. The highest BCUT2D eigenvalue weighted by molar-refractivity contribution is 5.96. The summed E-state index contributed by atoms with van der Waals surface area (Å²) in [5.74, 6) is -4.70. The van der Waals surface area contributed by atoms with Crippen molar-refractivity contribution in [1.82, 2.24) is 19.9 Å². The van der Waals surface area contributed by atoms with Crippen LogP contribution in [0.1, 0.15) is 32.4 Å². The van der Waals surface area contributed by atoms with Gasteiger partial charge in [0.2, 0.25) is 11.6 Å². The maximum atomic E-state index is 13.2. The van der Waals surface area contributed by atoms with Gasteiger partial charge in [-0.3, -0.25) is 14.6 Å². The number of halogens is 1. The second-order valence-electron chi connectivity index (χ2n) is 6.04. The quantitative estimate of drug-likeness (QED) is 0.570. The summed E-state index contributed by atoms with van der Waals surface area (Å²) in [5.41, 5.74) is 5.61. The minimum absolute atomic E-state index is 0.0482. The number of rotatable bonds is 6. The number of nitrogens with two attached hydrogens (primary N) is 1. The number of hydrogen-bond donors (Lipinski definition) is 3. The zero-order valence-electron chi connectivity index (χ0n) is 15.0. The van der Waals surface area contributed by atoms with Gasteiger partial charge in [0.25, 0.3) is 17.7 Å². The molecule has 29 heavy (non-hydrogen) atoms. The molecule has 0 radical (unpaired) electrons. The second-order valence-corrected chi connectivity index (χ2v) is 6.04. The molecule has 0 fully saturated rings. The Hall–Kier alpha value is -4.08. The largest absolute Gasteiger partial charge is 0.501 e. The van der Waals surface area contributed by atoms with Crippen LogP contribution < -0.4 is 5.73 Å². The Bertz CT molecular complexity index is 1040. The molecule has 0 atom stereocenters. The lowest BCUT2D eigenvalue weighted by molar-refractivity contribution is 0.0713. The van der Waals surface area contributed by atoms with Crippen molar-refractivity contribution >= 4 is 11.8 Å². The standard InChI is InChI=1S/C19H16FN5O4/c20-12-6-4-11(5-7-12)9-25(10-13-3-1-2-8-22-13)19(29)17-23-14(16(21)27)15(26)18(28)24-17/h1-8,26H,9-10H2,(H2,21,27)(H,23,24,28). The van der Waals surface area contributed by atoms with Crippen LogP contribution in [0.2, 0.25) is 0 Å². The van der Waals surface area contributed by atoms with Gasteiger partial charge in [0.05, 0.1) is 12.2 Å². The summed E-state index contributed by atoms with van der Waals surface area (Å²) < 4.78 is 13.2. The first kappa shape index (κ1) is 19.7. The van der Waals surface area contributed by atoms with Gasteiger partial charge in [0.15, 0.2) is 5.69 Å². The van der Waals surface area contributed by atoms with Gasteiger partial charge in [-0.15, -0.1) is 0 Å². The van der Waals surface area contributed by atoms with E-state index in [1.165, 1.54) is 29.2 Å². The fraction of sp³-hybridized carbons (Fsp3) is 0.105. The number of carbonyl (C=O) groups is 2. The molecule has 0 saturated carbocycles. The molecule has 0 saturated heterocycles. The lowest BCUT2D eigenvalue weighted by Crippen LogP contribution is -2.32. The van der Waals surface area contributed by atoms with Gasteiger partial charge in [0, 0.05) is 12.7 Å². The Morgan fingerprint density at radius 1 is 1.03 bits per heavy atom. The molecule has 0 aliphatic heterocycles. The molecule has 3 rings (SSSR count).